The highest BCUT2D eigenvalue weighted by Crippen LogP contribution is 2.20. The van der Waals surface area contributed by atoms with Crippen molar-refractivity contribution in [2.45, 2.75) is 38.8 Å². The number of nitrogens with one attached hydrogen (secondary N) is 1. The van der Waals surface area contributed by atoms with Crippen molar-refractivity contribution in [3.8, 4) is 0 Å². The molecule has 2 unspecified atom stereocenters. The highest BCUT2D eigenvalue weighted by atomic mass is 127. The lowest BCUT2D eigenvalue weighted by atomic mass is 9.96. The molecule has 1 rings (SSSR count). The number of aliphatic hydroxyl groups is 1. The number of hydrogen-bond acceptors (Lipinski definition) is 2. The van der Waals surface area contributed by atoms with Crippen LogP contribution in [0.15, 0.2) is 35.3 Å². The predicted octanol–water partition coefficient (Wildman–Crippen LogP) is 2.21. The van der Waals surface area contributed by atoms with Crippen LogP contribution in [0.25, 0.3) is 0 Å². The van der Waals surface area contributed by atoms with Gasteiger partial charge in [-0.15, -0.1) is 24.0 Å². The summed E-state index contributed by atoms with van der Waals surface area (Å²) in [5.74, 6) is 0.376. The summed E-state index contributed by atoms with van der Waals surface area (Å²) < 4.78 is 0. The summed E-state index contributed by atoms with van der Waals surface area (Å²) in [6, 6.07) is 9.77. The second-order valence-corrected chi connectivity index (χ2v) is 4.79. The molecule has 108 valence electrons. The van der Waals surface area contributed by atoms with Gasteiger partial charge in [-0.25, -0.2) is 0 Å². The van der Waals surface area contributed by atoms with E-state index in [0.717, 1.165) is 12.0 Å². The van der Waals surface area contributed by atoms with Gasteiger partial charge in [0.15, 0.2) is 5.96 Å². The first kappa shape index (κ1) is 18.2. The van der Waals surface area contributed by atoms with E-state index in [2.05, 4.69) is 17.2 Å². The number of guanidine groups is 1. The zero-order chi connectivity index (χ0) is 13.6. The molecule has 0 saturated heterocycles. The highest BCUT2D eigenvalue weighted by molar-refractivity contribution is 14.0. The summed E-state index contributed by atoms with van der Waals surface area (Å²) in [6.07, 6.45) is 0.977. The van der Waals surface area contributed by atoms with Gasteiger partial charge in [0, 0.05) is 6.04 Å². The lowest BCUT2D eigenvalue weighted by Crippen LogP contribution is -2.39. The molecule has 1 aromatic rings. The van der Waals surface area contributed by atoms with Gasteiger partial charge in [-0.2, -0.15) is 0 Å². The Bertz CT molecular complexity index is 393. The van der Waals surface area contributed by atoms with Crippen LogP contribution in [0.4, 0.5) is 0 Å². The average molecular weight is 377 g/mol. The van der Waals surface area contributed by atoms with Gasteiger partial charge in [0.25, 0.3) is 0 Å². The van der Waals surface area contributed by atoms with Crippen LogP contribution in [-0.2, 0) is 5.60 Å². The van der Waals surface area contributed by atoms with Gasteiger partial charge in [0.2, 0.25) is 0 Å². The Hall–Kier alpha value is -0.820. The highest BCUT2D eigenvalue weighted by Gasteiger charge is 2.22. The SMILES string of the molecule is CCC(C)NC(N)=NCC(C)(O)c1ccccc1.I. The molecule has 0 aliphatic heterocycles. The van der Waals surface area contributed by atoms with Crippen LogP contribution < -0.4 is 11.1 Å². The number of hydrogen-bond donors (Lipinski definition) is 3. The maximum Gasteiger partial charge on any atom is 0.188 e. The summed E-state index contributed by atoms with van der Waals surface area (Å²) in [5, 5.41) is 13.4. The molecule has 0 aliphatic carbocycles. The molecule has 5 heteroatoms. The number of aliphatic imine (C=N–C) groups is 1. The van der Waals surface area contributed by atoms with E-state index in [-0.39, 0.29) is 36.6 Å². The molecule has 19 heavy (non-hydrogen) atoms. The fourth-order valence-electron chi connectivity index (χ4n) is 1.53. The molecule has 0 fully saturated rings. The molecule has 0 amide bonds. The maximum absolute atomic E-state index is 10.3. The molecule has 2 atom stereocenters. The normalized spacial score (nSPS) is 16.1. The van der Waals surface area contributed by atoms with E-state index >= 15 is 0 Å². The largest absolute Gasteiger partial charge is 0.384 e. The van der Waals surface area contributed by atoms with Crippen molar-refractivity contribution in [2.75, 3.05) is 6.54 Å². The Morgan fingerprint density at radius 1 is 1.42 bits per heavy atom. The van der Waals surface area contributed by atoms with Crippen molar-refractivity contribution in [3.05, 3.63) is 35.9 Å². The quantitative estimate of drug-likeness (QED) is 0.419. The fourth-order valence-corrected chi connectivity index (χ4v) is 1.53. The van der Waals surface area contributed by atoms with Crippen LogP contribution in [0, 0.1) is 0 Å². The van der Waals surface area contributed by atoms with Crippen molar-refractivity contribution in [3.63, 3.8) is 0 Å². The minimum atomic E-state index is -0.997. The maximum atomic E-state index is 10.3. The van der Waals surface area contributed by atoms with E-state index < -0.39 is 5.60 Å². The lowest BCUT2D eigenvalue weighted by molar-refractivity contribution is 0.0673. The van der Waals surface area contributed by atoms with E-state index in [1.54, 1.807) is 6.92 Å². The topological polar surface area (TPSA) is 70.6 Å². The van der Waals surface area contributed by atoms with Gasteiger partial charge < -0.3 is 16.2 Å². The Morgan fingerprint density at radius 2 is 2.00 bits per heavy atom. The van der Waals surface area contributed by atoms with Crippen molar-refractivity contribution >= 4 is 29.9 Å². The molecule has 0 saturated carbocycles. The third kappa shape index (κ3) is 6.24. The first-order chi connectivity index (χ1) is 8.45. The average Bonchev–Trinajstić information content (AvgIpc) is 2.37. The van der Waals surface area contributed by atoms with E-state index in [9.17, 15) is 5.11 Å². The number of nitrogens with zero attached hydrogens (tertiary/aromatic N) is 1. The van der Waals surface area contributed by atoms with Crippen molar-refractivity contribution < 1.29 is 5.11 Å². The summed E-state index contributed by atoms with van der Waals surface area (Å²) in [6.45, 7) is 6.09. The molecular weight excluding hydrogens is 353 g/mol. The van der Waals surface area contributed by atoms with Gasteiger partial charge in [0.05, 0.1) is 6.54 Å². The van der Waals surface area contributed by atoms with E-state index in [1.165, 1.54) is 0 Å². The molecular formula is C14H24IN3O. The van der Waals surface area contributed by atoms with Gasteiger partial charge >= 0.3 is 0 Å². The number of nitrogens with two attached hydrogens (primary N) is 1. The Balaban J connectivity index is 0.00000324. The van der Waals surface area contributed by atoms with Crippen LogP contribution in [0.2, 0.25) is 0 Å². The number of rotatable bonds is 5. The van der Waals surface area contributed by atoms with E-state index in [4.69, 9.17) is 5.73 Å². The summed E-state index contributed by atoms with van der Waals surface area (Å²) in [5.41, 5.74) is 5.60. The Kier molecular flexibility index (Phi) is 8.01. The van der Waals surface area contributed by atoms with Crippen LogP contribution in [-0.4, -0.2) is 23.7 Å². The summed E-state index contributed by atoms with van der Waals surface area (Å²) in [7, 11) is 0. The summed E-state index contributed by atoms with van der Waals surface area (Å²) >= 11 is 0. The standard InChI is InChI=1S/C14H23N3O.HI/c1-4-11(2)17-13(15)16-10-14(3,18)12-8-6-5-7-9-12;/h5-9,11,18H,4,10H2,1-3H3,(H3,15,16,17);1H. The molecule has 0 spiro atoms. The van der Waals surface area contributed by atoms with Gasteiger partial charge in [-0.05, 0) is 25.8 Å². The van der Waals surface area contributed by atoms with Crippen LogP contribution in [0.5, 0.6) is 0 Å². The summed E-state index contributed by atoms with van der Waals surface area (Å²) in [4.78, 5) is 4.19. The first-order valence-corrected chi connectivity index (χ1v) is 6.30. The van der Waals surface area contributed by atoms with Crippen molar-refractivity contribution in [1.82, 2.24) is 5.32 Å². The van der Waals surface area contributed by atoms with E-state index in [1.807, 2.05) is 37.3 Å². The molecule has 0 aromatic heterocycles. The molecule has 4 nitrogen and oxygen atoms in total. The Morgan fingerprint density at radius 3 is 2.53 bits per heavy atom. The van der Waals surface area contributed by atoms with Gasteiger partial charge in [-0.1, -0.05) is 37.3 Å². The second kappa shape index (κ2) is 8.37. The molecule has 4 N–H and O–H groups in total. The minimum absolute atomic E-state index is 0. The molecule has 0 heterocycles. The van der Waals surface area contributed by atoms with Crippen LogP contribution >= 0.6 is 24.0 Å². The monoisotopic (exact) mass is 377 g/mol. The van der Waals surface area contributed by atoms with Gasteiger partial charge in [0.1, 0.15) is 5.60 Å². The van der Waals surface area contributed by atoms with E-state index in [0.29, 0.717) is 5.96 Å². The minimum Gasteiger partial charge on any atom is -0.384 e. The third-order valence-corrected chi connectivity index (χ3v) is 2.96. The number of halogens is 1. The Labute approximate surface area is 132 Å². The number of benzene rings is 1. The van der Waals surface area contributed by atoms with Crippen LogP contribution in [0.1, 0.15) is 32.8 Å². The van der Waals surface area contributed by atoms with Gasteiger partial charge in [-0.3, -0.25) is 4.99 Å². The smallest absolute Gasteiger partial charge is 0.188 e. The zero-order valence-electron chi connectivity index (χ0n) is 11.8. The van der Waals surface area contributed by atoms with Crippen molar-refractivity contribution in [2.24, 2.45) is 10.7 Å². The molecule has 1 aromatic carbocycles. The van der Waals surface area contributed by atoms with Crippen LogP contribution in [0.3, 0.4) is 0 Å². The molecule has 0 aliphatic rings. The van der Waals surface area contributed by atoms with Crippen molar-refractivity contribution in [1.29, 1.82) is 0 Å². The second-order valence-electron chi connectivity index (χ2n) is 4.79. The third-order valence-electron chi connectivity index (χ3n) is 2.96. The fraction of sp³-hybridized carbons (Fsp3) is 0.500. The molecule has 0 bridgehead atoms. The predicted molar refractivity (Wildman–Crippen MR) is 90.8 cm³/mol. The lowest BCUT2D eigenvalue weighted by Gasteiger charge is -2.22. The first-order valence-electron chi connectivity index (χ1n) is 6.30. The molecule has 0 radical (unpaired) electrons. The zero-order valence-corrected chi connectivity index (χ0v) is 14.1.